The van der Waals surface area contributed by atoms with Gasteiger partial charge < -0.3 is 0 Å². The number of unbranched alkanes of at least 4 members (excludes halogenated alkanes) is 21. The summed E-state index contributed by atoms with van der Waals surface area (Å²) in [7, 11) is 0. The van der Waals surface area contributed by atoms with Crippen LogP contribution in [0.25, 0.3) is 0 Å². The largest absolute Gasteiger partial charge is 0.290 e. The van der Waals surface area contributed by atoms with Gasteiger partial charge in [-0.1, -0.05) is 161 Å². The molecule has 0 aromatic heterocycles. The van der Waals surface area contributed by atoms with Crippen molar-refractivity contribution in [3.8, 4) is 0 Å². The molecule has 0 saturated heterocycles. The zero-order valence-electron chi connectivity index (χ0n) is 21.6. The van der Waals surface area contributed by atoms with E-state index in [0.29, 0.717) is 0 Å². The smallest absolute Gasteiger partial charge is 0.205 e. The van der Waals surface area contributed by atoms with Crippen LogP contribution in [0.1, 0.15) is 168 Å². The fourth-order valence-corrected chi connectivity index (χ4v) is 4.41. The summed E-state index contributed by atoms with van der Waals surface area (Å²) in [5.41, 5.74) is 0. The molecule has 0 aliphatic carbocycles. The van der Waals surface area contributed by atoms with Crippen molar-refractivity contribution in [3.05, 3.63) is 12.2 Å². The quantitative estimate of drug-likeness (QED) is 0.0978. The molecule has 0 aromatic rings. The second kappa shape index (κ2) is 27.4. The fourth-order valence-electron chi connectivity index (χ4n) is 4.41. The number of rotatable bonds is 26. The minimum Gasteiger partial charge on any atom is -0.290 e. The van der Waals surface area contributed by atoms with Gasteiger partial charge in [0.15, 0.2) is 0 Å². The molecule has 0 N–H and O–H groups in total. The molecule has 1 radical (unpaired) electrons. The Balaban J connectivity index is 3.37. The van der Waals surface area contributed by atoms with Crippen molar-refractivity contribution in [1.29, 1.82) is 0 Å². The molecule has 0 aliphatic rings. The number of hydrogen-bond acceptors (Lipinski definition) is 1. The van der Waals surface area contributed by atoms with E-state index >= 15 is 0 Å². The lowest BCUT2D eigenvalue weighted by Crippen LogP contribution is -1.97. The van der Waals surface area contributed by atoms with Crippen LogP contribution in [-0.4, -0.2) is 6.29 Å². The lowest BCUT2D eigenvalue weighted by Gasteiger charge is -2.05. The first kappa shape index (κ1) is 30.4. The minimum absolute atomic E-state index is 0.0336. The predicted molar refractivity (Wildman–Crippen MR) is 140 cm³/mol. The van der Waals surface area contributed by atoms with E-state index in [0.717, 1.165) is 12.8 Å². The molecule has 0 heterocycles. The molecule has 0 bridgehead atoms. The van der Waals surface area contributed by atoms with Crippen molar-refractivity contribution >= 4 is 6.29 Å². The standard InChI is InChI=1S/C30H57O/c1-3-5-7-9-11-13-15-17-19-21-23-25-27-30(29-31)28-26-24-22-20-18-16-14-12-10-8-6-4-2/h25,27,30H,3-24,26,28H2,1-2H3. The van der Waals surface area contributed by atoms with Crippen LogP contribution < -0.4 is 0 Å². The van der Waals surface area contributed by atoms with E-state index in [1.807, 2.05) is 0 Å². The topological polar surface area (TPSA) is 17.1 Å². The van der Waals surface area contributed by atoms with Crippen LogP contribution in [0.5, 0.6) is 0 Å². The van der Waals surface area contributed by atoms with E-state index in [9.17, 15) is 4.79 Å². The van der Waals surface area contributed by atoms with Gasteiger partial charge in [-0.2, -0.15) is 0 Å². The Labute approximate surface area is 197 Å². The van der Waals surface area contributed by atoms with Crippen molar-refractivity contribution in [1.82, 2.24) is 0 Å². The van der Waals surface area contributed by atoms with Crippen molar-refractivity contribution in [2.24, 2.45) is 5.92 Å². The molecule has 1 heteroatoms. The third-order valence-corrected chi connectivity index (χ3v) is 6.61. The molecule has 0 aliphatic heterocycles. The Kier molecular flexibility index (Phi) is 26.9. The summed E-state index contributed by atoms with van der Waals surface area (Å²) in [6.45, 7) is 4.56. The Morgan fingerprint density at radius 2 is 0.871 bits per heavy atom. The summed E-state index contributed by atoms with van der Waals surface area (Å²) in [6.07, 6.45) is 39.0. The fraction of sp³-hybridized carbons (Fsp3) is 0.900. The molecule has 0 saturated carbocycles. The number of allylic oxidation sites excluding steroid dienone is 2. The third kappa shape index (κ3) is 25.5. The lowest BCUT2D eigenvalue weighted by molar-refractivity contribution is 0.510. The Hall–Kier alpha value is -0.590. The number of hydrogen-bond donors (Lipinski definition) is 0. The summed E-state index contributed by atoms with van der Waals surface area (Å²) >= 11 is 0. The first-order valence-electron chi connectivity index (χ1n) is 14.4. The van der Waals surface area contributed by atoms with Gasteiger partial charge in [0.2, 0.25) is 6.29 Å². The maximum absolute atomic E-state index is 11.2. The normalized spacial score (nSPS) is 12.6. The summed E-state index contributed by atoms with van der Waals surface area (Å²) < 4.78 is 0. The predicted octanol–water partition coefficient (Wildman–Crippen LogP) is 10.7. The first-order chi connectivity index (χ1) is 15.3. The summed E-state index contributed by atoms with van der Waals surface area (Å²) in [5, 5.41) is 0. The zero-order valence-corrected chi connectivity index (χ0v) is 21.6. The van der Waals surface area contributed by atoms with Crippen molar-refractivity contribution in [3.63, 3.8) is 0 Å². The second-order valence-electron chi connectivity index (χ2n) is 9.80. The van der Waals surface area contributed by atoms with Crippen LogP contribution in [0.15, 0.2) is 12.2 Å². The van der Waals surface area contributed by atoms with Crippen molar-refractivity contribution < 1.29 is 4.79 Å². The Morgan fingerprint density at radius 1 is 0.516 bits per heavy atom. The van der Waals surface area contributed by atoms with E-state index in [2.05, 4.69) is 32.3 Å². The molecule has 183 valence electrons. The summed E-state index contributed by atoms with van der Waals surface area (Å²) in [6, 6.07) is 0. The van der Waals surface area contributed by atoms with Crippen molar-refractivity contribution in [2.45, 2.75) is 168 Å². The Bertz CT molecular complexity index is 359. The van der Waals surface area contributed by atoms with Gasteiger partial charge in [0, 0.05) is 5.92 Å². The van der Waals surface area contributed by atoms with E-state index in [1.165, 1.54) is 141 Å². The lowest BCUT2D eigenvalue weighted by atomic mass is 9.99. The molecule has 1 nitrogen and oxygen atoms in total. The maximum atomic E-state index is 11.2. The molecule has 0 fully saturated rings. The first-order valence-corrected chi connectivity index (χ1v) is 14.4. The molecule has 0 amide bonds. The van der Waals surface area contributed by atoms with Gasteiger partial charge >= 0.3 is 0 Å². The highest BCUT2D eigenvalue weighted by atomic mass is 16.1. The third-order valence-electron chi connectivity index (χ3n) is 6.61. The van der Waals surface area contributed by atoms with E-state index < -0.39 is 0 Å². The molecular weight excluding hydrogens is 376 g/mol. The molecule has 1 unspecified atom stereocenters. The Morgan fingerprint density at radius 3 is 1.26 bits per heavy atom. The zero-order chi connectivity index (χ0) is 22.7. The van der Waals surface area contributed by atoms with Crippen LogP contribution in [0.3, 0.4) is 0 Å². The highest BCUT2D eigenvalue weighted by Gasteiger charge is 2.03. The molecular formula is C30H57O. The second-order valence-corrected chi connectivity index (χ2v) is 9.80. The van der Waals surface area contributed by atoms with Crippen LogP contribution >= 0.6 is 0 Å². The molecule has 0 spiro atoms. The van der Waals surface area contributed by atoms with E-state index in [4.69, 9.17) is 0 Å². The summed E-state index contributed by atoms with van der Waals surface area (Å²) in [5.74, 6) is 0.0336. The van der Waals surface area contributed by atoms with Crippen LogP contribution in [-0.2, 0) is 4.79 Å². The average Bonchev–Trinajstić information content (AvgIpc) is 2.79. The highest BCUT2D eigenvalue weighted by molar-refractivity contribution is 5.57. The van der Waals surface area contributed by atoms with E-state index in [-0.39, 0.29) is 5.92 Å². The van der Waals surface area contributed by atoms with Gasteiger partial charge in [-0.3, -0.25) is 4.79 Å². The van der Waals surface area contributed by atoms with E-state index in [1.54, 1.807) is 0 Å². The molecule has 0 aromatic carbocycles. The van der Waals surface area contributed by atoms with Gasteiger partial charge in [0.1, 0.15) is 0 Å². The van der Waals surface area contributed by atoms with Gasteiger partial charge in [-0.05, 0) is 19.3 Å². The van der Waals surface area contributed by atoms with Crippen LogP contribution in [0.2, 0.25) is 0 Å². The van der Waals surface area contributed by atoms with Gasteiger partial charge in [-0.15, -0.1) is 0 Å². The summed E-state index contributed by atoms with van der Waals surface area (Å²) in [4.78, 5) is 11.2. The van der Waals surface area contributed by atoms with Crippen LogP contribution in [0.4, 0.5) is 0 Å². The maximum Gasteiger partial charge on any atom is 0.205 e. The highest BCUT2D eigenvalue weighted by Crippen LogP contribution is 2.15. The number of carbonyl (C=O) groups excluding carboxylic acids is 1. The van der Waals surface area contributed by atoms with Gasteiger partial charge in [-0.25, -0.2) is 0 Å². The monoisotopic (exact) mass is 433 g/mol. The molecule has 1 atom stereocenters. The molecule has 0 rings (SSSR count). The average molecular weight is 434 g/mol. The van der Waals surface area contributed by atoms with Gasteiger partial charge in [0.25, 0.3) is 0 Å². The van der Waals surface area contributed by atoms with Gasteiger partial charge in [0.05, 0.1) is 0 Å². The SMILES string of the molecule is CCCCCCCCCCCCC=CC([C]=O)CCCCCCCCCCCCCC. The molecule has 31 heavy (non-hydrogen) atoms. The minimum atomic E-state index is 0.0336. The van der Waals surface area contributed by atoms with Crippen molar-refractivity contribution in [2.75, 3.05) is 0 Å². The van der Waals surface area contributed by atoms with Crippen LogP contribution in [0, 0.1) is 5.92 Å².